The zero-order valence-corrected chi connectivity index (χ0v) is 30.7. The first-order chi connectivity index (χ1) is 24.5. The summed E-state index contributed by atoms with van der Waals surface area (Å²) in [6.45, 7) is 5.42. The number of likely N-dealkylation sites (N-methyl/N-ethyl adjacent to an activating group) is 1. The Morgan fingerprint density at radius 3 is 2.53 bits per heavy atom. The van der Waals surface area contributed by atoms with Gasteiger partial charge in [-0.15, -0.1) is 0 Å². The van der Waals surface area contributed by atoms with Crippen molar-refractivity contribution in [1.29, 1.82) is 0 Å². The van der Waals surface area contributed by atoms with E-state index in [0.29, 0.717) is 36.4 Å². The molecule has 5 atom stereocenters. The largest absolute Gasteiger partial charge is 0.508 e. The van der Waals surface area contributed by atoms with E-state index in [2.05, 4.69) is 15.4 Å². The number of ketones is 2. The van der Waals surface area contributed by atoms with E-state index in [0.717, 1.165) is 45.1 Å². The molecule has 1 fully saturated rings. The molecule has 278 valence electrons. The van der Waals surface area contributed by atoms with Crippen molar-refractivity contribution in [2.75, 3.05) is 53.3 Å². The zero-order chi connectivity index (χ0) is 36.6. The number of rotatable bonds is 12. The van der Waals surface area contributed by atoms with Crippen LogP contribution >= 0.6 is 0 Å². The Balaban J connectivity index is 1.46. The Kier molecular flexibility index (Phi) is 10.8. The topological polar surface area (TPSA) is 164 Å². The van der Waals surface area contributed by atoms with Crippen LogP contribution in [0.2, 0.25) is 0 Å². The van der Waals surface area contributed by atoms with Gasteiger partial charge in [0.1, 0.15) is 17.1 Å². The molecule has 4 aliphatic rings. The highest BCUT2D eigenvalue weighted by Gasteiger charge is 2.64. The van der Waals surface area contributed by atoms with E-state index in [9.17, 15) is 24.6 Å². The summed E-state index contributed by atoms with van der Waals surface area (Å²) in [5, 5.41) is 31.6. The Labute approximate surface area is 299 Å². The second kappa shape index (κ2) is 15.0. The second-order valence-corrected chi connectivity index (χ2v) is 14.6. The number of allylic oxidation sites excluding steroid dienone is 1. The molecule has 1 amide bonds. The maximum atomic E-state index is 14.8. The number of aliphatic hydroxyl groups excluding tert-OH is 1. The summed E-state index contributed by atoms with van der Waals surface area (Å²) < 4.78 is 23.7. The van der Waals surface area contributed by atoms with E-state index in [1.807, 2.05) is 25.8 Å². The van der Waals surface area contributed by atoms with Crippen molar-refractivity contribution in [3.05, 3.63) is 39.8 Å². The highest BCUT2D eigenvalue weighted by Crippen LogP contribution is 2.57. The Hall–Kier alpha value is -3.94. The Bertz CT molecular complexity index is 1700. The molecule has 3 N–H and O–H groups in total. The quantitative estimate of drug-likeness (QED) is 0.245. The van der Waals surface area contributed by atoms with Crippen molar-refractivity contribution in [2.45, 2.75) is 95.7 Å². The van der Waals surface area contributed by atoms with Crippen molar-refractivity contribution >= 4 is 23.2 Å². The summed E-state index contributed by atoms with van der Waals surface area (Å²) >= 11 is 0. The van der Waals surface area contributed by atoms with Gasteiger partial charge in [-0.2, -0.15) is 0 Å². The average molecular weight is 709 g/mol. The van der Waals surface area contributed by atoms with E-state index < -0.39 is 40.8 Å². The molecule has 0 spiro atoms. The van der Waals surface area contributed by atoms with E-state index in [1.165, 1.54) is 7.11 Å². The highest BCUT2D eigenvalue weighted by molar-refractivity contribution is 6.17. The number of fused-ring (bicyclic) bond motifs is 4. The first-order valence-electron chi connectivity index (χ1n) is 18.4. The standard InChI is InChI=1S/C38H52N4O9/c1-7-9-16-49-32-24(39-36(46)25-14-12-11-13-15-42(25)5)20-26(48-6)22-18-21-19-23-30(41(3)4)33-29(37(40-51-33)50-17-10-8-2)35(45)38(23,47)34(44)27(21)31(43)28(22)32/h20-21,23,25,30,44,47H,7-19H2,1-6H3,(H,39,46)/t21-,23-,25?,30-,38-/m0/s1. The van der Waals surface area contributed by atoms with Gasteiger partial charge in [-0.25, -0.2) is 0 Å². The molecular formula is C38H52N4O9. The molecule has 0 bridgehead atoms. The van der Waals surface area contributed by atoms with Crippen LogP contribution in [0.3, 0.4) is 0 Å². The molecular weight excluding hydrogens is 656 g/mol. The van der Waals surface area contributed by atoms with Gasteiger partial charge in [0.2, 0.25) is 11.7 Å². The van der Waals surface area contributed by atoms with Gasteiger partial charge in [0.25, 0.3) is 5.88 Å². The van der Waals surface area contributed by atoms with Crippen LogP contribution < -0.4 is 19.5 Å². The van der Waals surface area contributed by atoms with Crippen LogP contribution in [-0.4, -0.2) is 102 Å². The third kappa shape index (κ3) is 6.31. The van der Waals surface area contributed by atoms with Gasteiger partial charge in [0, 0.05) is 23.1 Å². The van der Waals surface area contributed by atoms with Crippen LogP contribution in [-0.2, 0) is 11.2 Å². The fourth-order valence-corrected chi connectivity index (χ4v) is 8.40. The van der Waals surface area contributed by atoms with Crippen LogP contribution in [0.25, 0.3) is 0 Å². The van der Waals surface area contributed by atoms with Gasteiger partial charge < -0.3 is 34.3 Å². The van der Waals surface area contributed by atoms with Gasteiger partial charge in [-0.1, -0.05) is 39.5 Å². The Morgan fingerprint density at radius 2 is 1.84 bits per heavy atom. The summed E-state index contributed by atoms with van der Waals surface area (Å²) in [6, 6.07) is 0.700. The minimum Gasteiger partial charge on any atom is -0.508 e. The van der Waals surface area contributed by atoms with Crippen molar-refractivity contribution in [3.63, 3.8) is 0 Å². The predicted octanol–water partition coefficient (Wildman–Crippen LogP) is 5.27. The number of carbonyl (C=O) groups excluding carboxylic acids is 3. The van der Waals surface area contributed by atoms with E-state index >= 15 is 0 Å². The van der Waals surface area contributed by atoms with E-state index in [4.69, 9.17) is 18.7 Å². The molecule has 2 heterocycles. The van der Waals surface area contributed by atoms with Crippen LogP contribution in [0.1, 0.15) is 110 Å². The molecule has 0 saturated carbocycles. The molecule has 1 unspecified atom stereocenters. The average Bonchev–Trinajstić information content (AvgIpc) is 3.38. The lowest BCUT2D eigenvalue weighted by atomic mass is 9.58. The highest BCUT2D eigenvalue weighted by atomic mass is 16.5. The number of benzene rings is 1. The number of aliphatic hydroxyl groups is 2. The minimum atomic E-state index is -2.45. The van der Waals surface area contributed by atoms with Crippen LogP contribution in [0.4, 0.5) is 5.69 Å². The smallest absolute Gasteiger partial charge is 0.265 e. The number of aromatic nitrogens is 1. The fraction of sp³-hybridized carbons (Fsp3) is 0.632. The number of ether oxygens (including phenoxy) is 3. The maximum Gasteiger partial charge on any atom is 0.265 e. The molecule has 13 heteroatoms. The van der Waals surface area contributed by atoms with Crippen molar-refractivity contribution in [2.24, 2.45) is 11.8 Å². The minimum absolute atomic E-state index is 0.0310. The Morgan fingerprint density at radius 1 is 1.12 bits per heavy atom. The SMILES string of the molecule is CCCCOc1noc2c1C(=O)[C@@]1(O)C(O)=C3C(=O)c4c(c(OC)cc(NC(=O)C5CCCCCN5C)c4OCCCC)C[C@H]3C[C@H]1[C@@H]2N(C)C. The lowest BCUT2D eigenvalue weighted by molar-refractivity contribution is -0.120. The first-order valence-corrected chi connectivity index (χ1v) is 18.4. The zero-order valence-electron chi connectivity index (χ0n) is 30.7. The number of Topliss-reactive ketones (excluding diaryl/α,β-unsaturated/α-hetero) is 2. The molecule has 1 saturated heterocycles. The third-order valence-electron chi connectivity index (χ3n) is 11.1. The number of unbranched alkanes of at least 4 members (excludes halogenated alkanes) is 2. The van der Waals surface area contributed by atoms with Crippen LogP contribution in [0.5, 0.6) is 17.4 Å². The summed E-state index contributed by atoms with van der Waals surface area (Å²) in [6.07, 6.45) is 7.28. The van der Waals surface area contributed by atoms with Gasteiger partial charge in [-0.05, 0) is 77.3 Å². The molecule has 3 aliphatic carbocycles. The fourth-order valence-electron chi connectivity index (χ4n) is 8.40. The first kappa shape index (κ1) is 36.8. The monoisotopic (exact) mass is 708 g/mol. The van der Waals surface area contributed by atoms with Gasteiger partial charge in [0.05, 0.1) is 43.7 Å². The van der Waals surface area contributed by atoms with Crippen LogP contribution in [0, 0.1) is 11.8 Å². The number of amides is 1. The summed E-state index contributed by atoms with van der Waals surface area (Å²) in [5.41, 5.74) is -1.49. The molecule has 2 aromatic rings. The van der Waals surface area contributed by atoms with Crippen molar-refractivity contribution < 1.29 is 43.3 Å². The number of methoxy groups -OCH3 is 1. The third-order valence-corrected chi connectivity index (χ3v) is 11.1. The van der Waals surface area contributed by atoms with E-state index in [1.54, 1.807) is 20.2 Å². The molecule has 1 aromatic heterocycles. The molecule has 1 aromatic carbocycles. The number of hydrogen-bond donors (Lipinski definition) is 3. The number of nitrogens with zero attached hydrogens (tertiary/aromatic N) is 3. The summed E-state index contributed by atoms with van der Waals surface area (Å²) in [5.74, 6) is -2.91. The normalized spacial score (nSPS) is 26.2. The van der Waals surface area contributed by atoms with Gasteiger partial charge in [0.15, 0.2) is 22.9 Å². The lowest BCUT2D eigenvalue weighted by Gasteiger charge is -2.49. The number of carbonyl (C=O) groups is 3. The van der Waals surface area contributed by atoms with Gasteiger partial charge in [-0.3, -0.25) is 24.2 Å². The van der Waals surface area contributed by atoms with E-state index in [-0.39, 0.29) is 65.5 Å². The molecule has 1 aliphatic heterocycles. The predicted molar refractivity (Wildman–Crippen MR) is 189 cm³/mol. The number of nitrogens with one attached hydrogen (secondary N) is 1. The van der Waals surface area contributed by atoms with Crippen molar-refractivity contribution in [3.8, 4) is 17.4 Å². The van der Waals surface area contributed by atoms with Crippen molar-refractivity contribution in [1.82, 2.24) is 15.0 Å². The number of likely N-dealkylation sites (tertiary alicyclic amines) is 1. The lowest BCUT2D eigenvalue weighted by Crippen LogP contribution is -2.59. The number of anilines is 1. The summed E-state index contributed by atoms with van der Waals surface area (Å²) in [4.78, 5) is 46.8. The molecule has 13 nitrogen and oxygen atoms in total. The summed E-state index contributed by atoms with van der Waals surface area (Å²) in [7, 11) is 7.05. The molecule has 6 rings (SSSR count). The van der Waals surface area contributed by atoms with Gasteiger partial charge >= 0.3 is 0 Å². The molecule has 51 heavy (non-hydrogen) atoms. The second-order valence-electron chi connectivity index (χ2n) is 14.6. The molecule has 0 radical (unpaired) electrons. The maximum absolute atomic E-state index is 14.8. The van der Waals surface area contributed by atoms with Crippen LogP contribution in [0.15, 0.2) is 21.9 Å². The number of hydrogen-bond acceptors (Lipinski definition) is 12.